The minimum atomic E-state index is -0.317. The van der Waals surface area contributed by atoms with E-state index in [2.05, 4.69) is 4.98 Å². The van der Waals surface area contributed by atoms with Crippen molar-refractivity contribution in [1.29, 1.82) is 0 Å². The number of nitrogen functional groups attached to an aromatic ring is 1. The van der Waals surface area contributed by atoms with E-state index in [1.165, 1.54) is 12.1 Å². The van der Waals surface area contributed by atoms with Gasteiger partial charge >= 0.3 is 0 Å². The van der Waals surface area contributed by atoms with Gasteiger partial charge in [0.15, 0.2) is 0 Å². The van der Waals surface area contributed by atoms with Crippen LogP contribution in [0.5, 0.6) is 0 Å². The fraction of sp³-hybridized carbons (Fsp3) is 0.0833. The normalized spacial score (nSPS) is 10.1. The number of hydrogen-bond acceptors (Lipinski definition) is 3. The van der Waals surface area contributed by atoms with Crippen LogP contribution in [0.3, 0.4) is 0 Å². The molecule has 0 saturated heterocycles. The van der Waals surface area contributed by atoms with E-state index in [-0.39, 0.29) is 5.82 Å². The van der Waals surface area contributed by atoms with Crippen molar-refractivity contribution >= 4 is 17.2 Å². The molecule has 0 amide bonds. The predicted octanol–water partition coefficient (Wildman–Crippen LogP) is 2.57. The first-order valence-electron chi connectivity index (χ1n) is 4.88. The third-order valence-corrected chi connectivity index (χ3v) is 2.32. The molecule has 0 aliphatic carbocycles. The topological polar surface area (TPSA) is 42.2 Å². The highest BCUT2D eigenvalue weighted by molar-refractivity contribution is 5.64. The zero-order chi connectivity index (χ0) is 11.5. The summed E-state index contributed by atoms with van der Waals surface area (Å²) in [6, 6.07) is 9.94. The molecule has 1 aromatic carbocycles. The van der Waals surface area contributed by atoms with E-state index in [0.717, 1.165) is 0 Å². The Morgan fingerprint density at radius 2 is 2.06 bits per heavy atom. The standard InChI is InChI=1S/C12H12FN3/c1-16(12-4-2-3-7-15-12)11-8-9(14)5-6-10(11)13/h2-8H,14H2,1H3. The van der Waals surface area contributed by atoms with E-state index in [9.17, 15) is 4.39 Å². The van der Waals surface area contributed by atoms with E-state index in [0.29, 0.717) is 17.2 Å². The van der Waals surface area contributed by atoms with Crippen molar-refractivity contribution in [2.45, 2.75) is 0 Å². The molecule has 0 atom stereocenters. The van der Waals surface area contributed by atoms with Gasteiger partial charge in [-0.05, 0) is 30.3 Å². The van der Waals surface area contributed by atoms with Crippen LogP contribution in [-0.2, 0) is 0 Å². The largest absolute Gasteiger partial charge is 0.399 e. The van der Waals surface area contributed by atoms with Crippen molar-refractivity contribution in [3.63, 3.8) is 0 Å². The fourth-order valence-corrected chi connectivity index (χ4v) is 1.46. The van der Waals surface area contributed by atoms with Gasteiger partial charge in [-0.2, -0.15) is 0 Å². The molecule has 0 fully saturated rings. The Hall–Kier alpha value is -2.10. The maximum absolute atomic E-state index is 13.6. The van der Waals surface area contributed by atoms with Gasteiger partial charge in [0.05, 0.1) is 5.69 Å². The number of benzene rings is 1. The molecule has 2 aromatic rings. The Labute approximate surface area is 93.3 Å². The molecule has 0 unspecified atom stereocenters. The molecule has 3 nitrogen and oxygen atoms in total. The number of nitrogens with two attached hydrogens (primary N) is 1. The van der Waals surface area contributed by atoms with Crippen LogP contribution in [0.15, 0.2) is 42.6 Å². The van der Waals surface area contributed by atoms with Crippen LogP contribution in [0.25, 0.3) is 0 Å². The number of anilines is 3. The number of hydrogen-bond donors (Lipinski definition) is 1. The molecule has 16 heavy (non-hydrogen) atoms. The maximum Gasteiger partial charge on any atom is 0.147 e. The minimum Gasteiger partial charge on any atom is -0.399 e. The Kier molecular flexibility index (Phi) is 2.72. The van der Waals surface area contributed by atoms with Crippen LogP contribution in [0.2, 0.25) is 0 Å². The molecular weight excluding hydrogens is 205 g/mol. The van der Waals surface area contributed by atoms with Crippen LogP contribution in [0, 0.1) is 5.82 Å². The second-order valence-corrected chi connectivity index (χ2v) is 3.46. The lowest BCUT2D eigenvalue weighted by molar-refractivity contribution is 0.627. The van der Waals surface area contributed by atoms with Crippen molar-refractivity contribution in [2.75, 3.05) is 17.7 Å². The molecule has 0 bridgehead atoms. The number of pyridine rings is 1. The van der Waals surface area contributed by atoms with Crippen molar-refractivity contribution in [2.24, 2.45) is 0 Å². The van der Waals surface area contributed by atoms with Gasteiger partial charge < -0.3 is 10.6 Å². The minimum absolute atomic E-state index is 0.317. The second-order valence-electron chi connectivity index (χ2n) is 3.46. The average molecular weight is 217 g/mol. The lowest BCUT2D eigenvalue weighted by atomic mass is 10.2. The van der Waals surface area contributed by atoms with Gasteiger partial charge in [0.1, 0.15) is 11.6 Å². The predicted molar refractivity (Wildman–Crippen MR) is 63.1 cm³/mol. The molecule has 0 saturated carbocycles. The third kappa shape index (κ3) is 1.95. The third-order valence-electron chi connectivity index (χ3n) is 2.32. The summed E-state index contributed by atoms with van der Waals surface area (Å²) in [7, 11) is 1.75. The van der Waals surface area contributed by atoms with Gasteiger partial charge in [-0.25, -0.2) is 9.37 Å². The van der Waals surface area contributed by atoms with Crippen molar-refractivity contribution in [1.82, 2.24) is 4.98 Å². The van der Waals surface area contributed by atoms with Gasteiger partial charge in [-0.3, -0.25) is 0 Å². The monoisotopic (exact) mass is 217 g/mol. The summed E-state index contributed by atoms with van der Waals surface area (Å²) in [5.74, 6) is 0.356. The summed E-state index contributed by atoms with van der Waals surface area (Å²) in [5.41, 5.74) is 6.57. The van der Waals surface area contributed by atoms with Gasteiger partial charge in [-0.1, -0.05) is 6.07 Å². The van der Waals surface area contributed by atoms with Gasteiger partial charge in [0.2, 0.25) is 0 Å². The quantitative estimate of drug-likeness (QED) is 0.786. The van der Waals surface area contributed by atoms with E-state index >= 15 is 0 Å². The van der Waals surface area contributed by atoms with Crippen LogP contribution in [0.1, 0.15) is 0 Å². The number of aromatic nitrogens is 1. The molecule has 0 aliphatic heterocycles. The van der Waals surface area contributed by atoms with E-state index in [4.69, 9.17) is 5.73 Å². The number of rotatable bonds is 2. The SMILES string of the molecule is CN(c1ccccn1)c1cc(N)ccc1F. The Morgan fingerprint density at radius 1 is 1.25 bits per heavy atom. The molecule has 2 N–H and O–H groups in total. The van der Waals surface area contributed by atoms with Gasteiger partial charge in [-0.15, -0.1) is 0 Å². The molecule has 4 heteroatoms. The summed E-state index contributed by atoms with van der Waals surface area (Å²) in [6.45, 7) is 0. The fourth-order valence-electron chi connectivity index (χ4n) is 1.46. The lowest BCUT2D eigenvalue weighted by Gasteiger charge is -2.19. The van der Waals surface area contributed by atoms with E-state index in [1.807, 2.05) is 18.2 Å². The number of halogens is 1. The summed E-state index contributed by atoms with van der Waals surface area (Å²) in [4.78, 5) is 5.80. The first kappa shape index (κ1) is 10.4. The molecule has 82 valence electrons. The molecular formula is C12H12FN3. The van der Waals surface area contributed by atoms with Crippen LogP contribution in [-0.4, -0.2) is 12.0 Å². The zero-order valence-corrected chi connectivity index (χ0v) is 8.89. The Morgan fingerprint density at radius 3 is 2.75 bits per heavy atom. The van der Waals surface area contributed by atoms with E-state index in [1.54, 1.807) is 24.2 Å². The van der Waals surface area contributed by atoms with Crippen molar-refractivity contribution < 1.29 is 4.39 Å². The highest BCUT2D eigenvalue weighted by Gasteiger charge is 2.10. The summed E-state index contributed by atoms with van der Waals surface area (Å²) >= 11 is 0. The summed E-state index contributed by atoms with van der Waals surface area (Å²) in [5, 5.41) is 0. The van der Waals surface area contributed by atoms with E-state index < -0.39 is 0 Å². The van der Waals surface area contributed by atoms with Crippen LogP contribution in [0.4, 0.5) is 21.6 Å². The molecule has 0 spiro atoms. The smallest absolute Gasteiger partial charge is 0.147 e. The first-order valence-corrected chi connectivity index (χ1v) is 4.88. The molecule has 0 radical (unpaired) electrons. The summed E-state index contributed by atoms with van der Waals surface area (Å²) in [6.07, 6.45) is 1.66. The number of nitrogens with zero attached hydrogens (tertiary/aromatic N) is 2. The highest BCUT2D eigenvalue weighted by atomic mass is 19.1. The molecule has 0 aliphatic rings. The average Bonchev–Trinajstić information content (AvgIpc) is 2.32. The second kappa shape index (κ2) is 4.18. The van der Waals surface area contributed by atoms with Gasteiger partial charge in [0.25, 0.3) is 0 Å². The van der Waals surface area contributed by atoms with Gasteiger partial charge in [0, 0.05) is 18.9 Å². The molecule has 1 aromatic heterocycles. The highest BCUT2D eigenvalue weighted by Crippen LogP contribution is 2.26. The molecule has 2 rings (SSSR count). The lowest BCUT2D eigenvalue weighted by Crippen LogP contribution is -2.12. The van der Waals surface area contributed by atoms with Crippen molar-refractivity contribution in [3.8, 4) is 0 Å². The zero-order valence-electron chi connectivity index (χ0n) is 8.89. The first-order chi connectivity index (χ1) is 7.68. The Balaban J connectivity index is 2.41. The molecule has 1 heterocycles. The maximum atomic E-state index is 13.6. The van der Waals surface area contributed by atoms with Crippen LogP contribution >= 0.6 is 0 Å². The Bertz CT molecular complexity index is 485. The summed E-state index contributed by atoms with van der Waals surface area (Å²) < 4.78 is 13.6. The van der Waals surface area contributed by atoms with Crippen molar-refractivity contribution in [3.05, 3.63) is 48.4 Å². The van der Waals surface area contributed by atoms with Crippen LogP contribution < -0.4 is 10.6 Å².